The van der Waals surface area contributed by atoms with Crippen LogP contribution in [0.1, 0.15) is 52.4 Å². The summed E-state index contributed by atoms with van der Waals surface area (Å²) in [5.74, 6) is -2.94. The number of halogens is 2. The van der Waals surface area contributed by atoms with Gasteiger partial charge in [-0.1, -0.05) is 11.6 Å². The molecule has 0 unspecified atom stereocenters. The molecule has 2 heterocycles. The van der Waals surface area contributed by atoms with E-state index in [4.69, 9.17) is 17.3 Å². The van der Waals surface area contributed by atoms with E-state index in [9.17, 15) is 18.8 Å². The van der Waals surface area contributed by atoms with Crippen molar-refractivity contribution >= 4 is 34.9 Å². The molecule has 8 heteroatoms. The number of nitrogens with zero attached hydrogens (tertiary/aromatic N) is 1. The molecule has 1 aliphatic heterocycles. The predicted octanol–water partition coefficient (Wildman–Crippen LogP) is 3.19. The summed E-state index contributed by atoms with van der Waals surface area (Å²) < 4.78 is 15.1. The van der Waals surface area contributed by atoms with E-state index in [1.165, 1.54) is 12.1 Å². The number of nitrogens with two attached hydrogens (primary N) is 1. The van der Waals surface area contributed by atoms with Crippen LogP contribution in [0.3, 0.4) is 0 Å². The molecule has 27 heavy (non-hydrogen) atoms. The van der Waals surface area contributed by atoms with Crippen LogP contribution < -0.4 is 11.1 Å². The number of rotatable bonds is 4. The third kappa shape index (κ3) is 3.12. The Balaban J connectivity index is 2.11. The Labute approximate surface area is 160 Å². The Morgan fingerprint density at radius 1 is 1.30 bits per heavy atom. The molecule has 3 rings (SSSR count). The van der Waals surface area contributed by atoms with Crippen LogP contribution >= 0.6 is 11.6 Å². The first-order valence-corrected chi connectivity index (χ1v) is 8.77. The van der Waals surface area contributed by atoms with Crippen molar-refractivity contribution in [3.05, 3.63) is 51.6 Å². The number of carbonyl (C=O) groups is 3. The minimum absolute atomic E-state index is 0.116. The summed E-state index contributed by atoms with van der Waals surface area (Å²) in [6.07, 6.45) is 1.27. The van der Waals surface area contributed by atoms with E-state index < -0.39 is 29.0 Å². The normalized spacial score (nSPS) is 14.7. The van der Waals surface area contributed by atoms with Gasteiger partial charge in [0.25, 0.3) is 17.6 Å². The first kappa shape index (κ1) is 19.1. The number of hydrogen-bond donors (Lipinski definition) is 2. The number of nitrogens with one attached hydrogen (secondary N) is 1. The van der Waals surface area contributed by atoms with Gasteiger partial charge in [0.1, 0.15) is 11.5 Å². The smallest absolute Gasteiger partial charge is 0.289 e. The van der Waals surface area contributed by atoms with Crippen molar-refractivity contribution in [1.82, 2.24) is 4.57 Å². The molecule has 2 aromatic rings. The van der Waals surface area contributed by atoms with E-state index in [1.807, 2.05) is 13.8 Å². The highest BCUT2D eigenvalue weighted by Gasteiger charge is 2.40. The number of anilines is 1. The topological polar surface area (TPSA) is 94.2 Å². The second-order valence-corrected chi connectivity index (χ2v) is 7.63. The maximum atomic E-state index is 13.3. The van der Waals surface area contributed by atoms with Crippen molar-refractivity contribution in [3.63, 3.8) is 0 Å². The van der Waals surface area contributed by atoms with Crippen LogP contribution in [0.15, 0.2) is 18.2 Å². The fraction of sp³-hybridized carbons (Fsp3) is 0.316. The number of aromatic nitrogens is 1. The molecule has 0 aliphatic carbocycles. The SMILES string of the molecule is Cc1c(C(=O)C(N)=O)c2n(c1C(=O)Nc1ccc(F)c(Cl)c1)C(C)(C)CC2. The highest BCUT2D eigenvalue weighted by atomic mass is 35.5. The molecule has 0 saturated heterocycles. The number of amides is 2. The Morgan fingerprint density at radius 2 is 1.96 bits per heavy atom. The van der Waals surface area contributed by atoms with Crippen LogP contribution in [0.25, 0.3) is 0 Å². The average molecular weight is 392 g/mol. The van der Waals surface area contributed by atoms with Gasteiger partial charge in [0, 0.05) is 16.9 Å². The van der Waals surface area contributed by atoms with E-state index in [2.05, 4.69) is 5.32 Å². The lowest BCUT2D eigenvalue weighted by molar-refractivity contribution is -0.114. The molecule has 1 aromatic carbocycles. The molecule has 0 radical (unpaired) electrons. The van der Waals surface area contributed by atoms with E-state index in [0.29, 0.717) is 29.8 Å². The molecule has 0 spiro atoms. The van der Waals surface area contributed by atoms with E-state index in [0.717, 1.165) is 6.07 Å². The first-order valence-electron chi connectivity index (χ1n) is 8.39. The zero-order valence-corrected chi connectivity index (χ0v) is 15.9. The van der Waals surface area contributed by atoms with Crippen LogP contribution in [0.5, 0.6) is 0 Å². The van der Waals surface area contributed by atoms with Gasteiger partial charge in [0.2, 0.25) is 0 Å². The number of ketones is 1. The maximum absolute atomic E-state index is 13.3. The van der Waals surface area contributed by atoms with Crippen molar-refractivity contribution < 1.29 is 18.8 Å². The predicted molar refractivity (Wildman–Crippen MR) is 99.7 cm³/mol. The van der Waals surface area contributed by atoms with E-state index in [-0.39, 0.29) is 16.3 Å². The van der Waals surface area contributed by atoms with Crippen LogP contribution in [-0.2, 0) is 16.8 Å². The van der Waals surface area contributed by atoms with Crippen LogP contribution in [-0.4, -0.2) is 22.2 Å². The van der Waals surface area contributed by atoms with Crippen molar-refractivity contribution in [2.75, 3.05) is 5.32 Å². The summed E-state index contributed by atoms with van der Waals surface area (Å²) in [5.41, 5.74) is 6.59. The maximum Gasteiger partial charge on any atom is 0.289 e. The minimum atomic E-state index is -1.06. The zero-order valence-electron chi connectivity index (χ0n) is 15.2. The molecular weight excluding hydrogens is 373 g/mol. The number of benzene rings is 1. The lowest BCUT2D eigenvalue weighted by Gasteiger charge is -2.24. The minimum Gasteiger partial charge on any atom is -0.363 e. The molecule has 0 bridgehead atoms. The van der Waals surface area contributed by atoms with Gasteiger partial charge in [-0.15, -0.1) is 0 Å². The zero-order chi connectivity index (χ0) is 20.1. The molecule has 0 saturated carbocycles. The van der Waals surface area contributed by atoms with E-state index >= 15 is 0 Å². The largest absolute Gasteiger partial charge is 0.363 e. The Kier molecular flexibility index (Phi) is 4.59. The molecule has 6 nitrogen and oxygen atoms in total. The summed E-state index contributed by atoms with van der Waals surface area (Å²) in [6, 6.07) is 3.85. The molecule has 142 valence electrons. The molecule has 1 aliphatic rings. The second-order valence-electron chi connectivity index (χ2n) is 7.22. The summed E-state index contributed by atoms with van der Waals surface area (Å²) in [4.78, 5) is 36.8. The van der Waals surface area contributed by atoms with Gasteiger partial charge in [-0.05, 0) is 57.4 Å². The van der Waals surface area contributed by atoms with Gasteiger partial charge in [-0.2, -0.15) is 0 Å². The highest BCUT2D eigenvalue weighted by molar-refractivity contribution is 6.43. The van der Waals surface area contributed by atoms with Gasteiger partial charge in [-0.25, -0.2) is 4.39 Å². The molecule has 3 N–H and O–H groups in total. The van der Waals surface area contributed by atoms with Crippen molar-refractivity contribution in [1.29, 1.82) is 0 Å². The van der Waals surface area contributed by atoms with Gasteiger partial charge >= 0.3 is 0 Å². The third-order valence-electron chi connectivity index (χ3n) is 4.93. The average Bonchev–Trinajstić information content (AvgIpc) is 3.04. The summed E-state index contributed by atoms with van der Waals surface area (Å²) in [5, 5.41) is 2.56. The fourth-order valence-corrected chi connectivity index (χ4v) is 3.83. The third-order valence-corrected chi connectivity index (χ3v) is 5.22. The Bertz CT molecular complexity index is 995. The number of hydrogen-bond acceptors (Lipinski definition) is 3. The molecule has 0 atom stereocenters. The van der Waals surface area contributed by atoms with E-state index in [1.54, 1.807) is 11.5 Å². The van der Waals surface area contributed by atoms with Crippen LogP contribution in [0, 0.1) is 12.7 Å². The second kappa shape index (κ2) is 6.49. The van der Waals surface area contributed by atoms with Crippen LogP contribution in [0.2, 0.25) is 5.02 Å². The molecular formula is C19H19ClFN3O3. The highest BCUT2D eigenvalue weighted by Crippen LogP contribution is 2.39. The summed E-state index contributed by atoms with van der Waals surface area (Å²) in [6.45, 7) is 5.52. The van der Waals surface area contributed by atoms with Gasteiger partial charge in [0.15, 0.2) is 0 Å². The number of carbonyl (C=O) groups excluding carboxylic acids is 3. The standard InChI is InChI=1S/C19H19ClFN3O3/c1-9-14(16(25)17(22)26)13-6-7-19(2,3)24(13)15(9)18(27)23-10-4-5-12(21)11(20)8-10/h4-5,8H,6-7H2,1-3H3,(H2,22,26)(H,23,27). The summed E-state index contributed by atoms with van der Waals surface area (Å²) >= 11 is 5.77. The Morgan fingerprint density at radius 3 is 2.56 bits per heavy atom. The Hall–Kier alpha value is -2.67. The molecule has 1 aromatic heterocycles. The first-order chi connectivity index (χ1) is 12.5. The van der Waals surface area contributed by atoms with Crippen molar-refractivity contribution in [2.24, 2.45) is 5.73 Å². The fourth-order valence-electron chi connectivity index (χ4n) is 3.65. The summed E-state index contributed by atoms with van der Waals surface area (Å²) in [7, 11) is 0. The van der Waals surface area contributed by atoms with Crippen molar-refractivity contribution in [2.45, 2.75) is 39.2 Å². The number of primary amides is 1. The molecule has 2 amide bonds. The number of Topliss-reactive ketones (excluding diaryl/α,β-unsaturated/α-hetero) is 1. The van der Waals surface area contributed by atoms with Gasteiger partial charge < -0.3 is 15.6 Å². The lowest BCUT2D eigenvalue weighted by Crippen LogP contribution is -2.28. The lowest BCUT2D eigenvalue weighted by atomic mass is 9.97. The molecule has 0 fully saturated rings. The van der Waals surface area contributed by atoms with Gasteiger partial charge in [-0.3, -0.25) is 14.4 Å². The monoisotopic (exact) mass is 391 g/mol. The van der Waals surface area contributed by atoms with Gasteiger partial charge in [0.05, 0.1) is 10.6 Å². The quantitative estimate of drug-likeness (QED) is 0.619. The van der Waals surface area contributed by atoms with Crippen LogP contribution in [0.4, 0.5) is 10.1 Å². The van der Waals surface area contributed by atoms with Crippen molar-refractivity contribution in [3.8, 4) is 0 Å². The number of fused-ring (bicyclic) bond motifs is 1.